The molecule has 1 saturated heterocycles. The van der Waals surface area contributed by atoms with Gasteiger partial charge in [0.2, 0.25) is 5.91 Å². The minimum absolute atomic E-state index is 0.0428. The maximum absolute atomic E-state index is 13.1. The molecule has 2 aliphatic rings. The number of carbonyl (C=O) groups is 2. The number of alkyl halides is 3. The molecule has 8 nitrogen and oxygen atoms in total. The predicted molar refractivity (Wildman–Crippen MR) is 128 cm³/mol. The van der Waals surface area contributed by atoms with Gasteiger partial charge in [0.05, 0.1) is 24.3 Å². The van der Waals surface area contributed by atoms with E-state index in [1.54, 1.807) is 18.7 Å². The van der Waals surface area contributed by atoms with Crippen LogP contribution in [0.25, 0.3) is 0 Å². The van der Waals surface area contributed by atoms with Crippen molar-refractivity contribution < 1.29 is 22.8 Å². The SMILES string of the molecule is CC(=O)N1CCN([C@@H]2CN(C(=O)N[C@H](C)c3ccc(C(F)(F)F)nc3)N=C2c2ccc(C)cc2)CC1. The number of amides is 3. The number of pyridine rings is 1. The molecule has 0 saturated carbocycles. The van der Waals surface area contributed by atoms with Gasteiger partial charge in [-0.15, -0.1) is 0 Å². The van der Waals surface area contributed by atoms with Gasteiger partial charge in [0.1, 0.15) is 5.69 Å². The number of hydrogen-bond donors (Lipinski definition) is 1. The molecule has 2 aliphatic heterocycles. The van der Waals surface area contributed by atoms with Crippen molar-refractivity contribution in [3.63, 3.8) is 0 Å². The first-order valence-corrected chi connectivity index (χ1v) is 11.8. The molecule has 192 valence electrons. The summed E-state index contributed by atoms with van der Waals surface area (Å²) in [6.45, 7) is 8.11. The zero-order valence-corrected chi connectivity index (χ0v) is 20.4. The maximum atomic E-state index is 13.1. The second-order valence-electron chi connectivity index (χ2n) is 9.14. The van der Waals surface area contributed by atoms with E-state index in [0.29, 0.717) is 38.3 Å². The van der Waals surface area contributed by atoms with Crippen LogP contribution in [0.1, 0.15) is 42.3 Å². The van der Waals surface area contributed by atoms with Gasteiger partial charge in [-0.2, -0.15) is 18.3 Å². The van der Waals surface area contributed by atoms with Crippen molar-refractivity contribution in [3.8, 4) is 0 Å². The summed E-state index contributed by atoms with van der Waals surface area (Å²) < 4.78 is 38.4. The van der Waals surface area contributed by atoms with Crippen LogP contribution in [0.2, 0.25) is 0 Å². The first kappa shape index (κ1) is 25.6. The van der Waals surface area contributed by atoms with Gasteiger partial charge in [0.25, 0.3) is 0 Å². The van der Waals surface area contributed by atoms with Gasteiger partial charge < -0.3 is 10.2 Å². The molecule has 1 aromatic heterocycles. The number of aromatic nitrogens is 1. The number of halogens is 3. The van der Waals surface area contributed by atoms with Crippen LogP contribution in [-0.2, 0) is 11.0 Å². The number of benzene rings is 1. The van der Waals surface area contributed by atoms with Crippen molar-refractivity contribution in [2.24, 2.45) is 5.10 Å². The third kappa shape index (κ3) is 5.67. The predicted octanol–water partition coefficient (Wildman–Crippen LogP) is 3.43. The molecule has 0 unspecified atom stereocenters. The second kappa shape index (κ2) is 10.3. The van der Waals surface area contributed by atoms with E-state index in [1.807, 2.05) is 31.2 Å². The van der Waals surface area contributed by atoms with Crippen LogP contribution in [0, 0.1) is 6.92 Å². The Morgan fingerprint density at radius 3 is 2.28 bits per heavy atom. The number of aryl methyl sites for hydroxylation is 1. The zero-order valence-electron chi connectivity index (χ0n) is 20.4. The lowest BCUT2D eigenvalue weighted by atomic mass is 10.0. The zero-order chi connectivity index (χ0) is 26.0. The summed E-state index contributed by atoms with van der Waals surface area (Å²) in [5.41, 5.74) is 2.26. The Bertz CT molecular complexity index is 1130. The van der Waals surface area contributed by atoms with Gasteiger partial charge in [-0.25, -0.2) is 9.80 Å². The average molecular weight is 503 g/mol. The third-order valence-corrected chi connectivity index (χ3v) is 6.59. The third-order valence-electron chi connectivity index (χ3n) is 6.59. The lowest BCUT2D eigenvalue weighted by Crippen LogP contribution is -2.54. The summed E-state index contributed by atoms with van der Waals surface area (Å²) in [6.07, 6.45) is -3.40. The Labute approximate surface area is 207 Å². The minimum atomic E-state index is -4.52. The second-order valence-corrected chi connectivity index (χ2v) is 9.14. The summed E-state index contributed by atoms with van der Waals surface area (Å²) in [6, 6.07) is 8.99. The van der Waals surface area contributed by atoms with E-state index < -0.39 is 23.9 Å². The van der Waals surface area contributed by atoms with E-state index in [0.717, 1.165) is 29.1 Å². The molecule has 0 aliphatic carbocycles. The number of nitrogens with one attached hydrogen (secondary N) is 1. The van der Waals surface area contributed by atoms with Crippen molar-refractivity contribution in [2.75, 3.05) is 32.7 Å². The molecule has 3 heterocycles. The van der Waals surface area contributed by atoms with E-state index in [-0.39, 0.29) is 11.9 Å². The van der Waals surface area contributed by atoms with Crippen molar-refractivity contribution in [1.29, 1.82) is 0 Å². The number of nitrogens with zero attached hydrogens (tertiary/aromatic N) is 5. The molecule has 11 heteroatoms. The topological polar surface area (TPSA) is 81.1 Å². The van der Waals surface area contributed by atoms with E-state index in [9.17, 15) is 22.8 Å². The van der Waals surface area contributed by atoms with Gasteiger partial charge in [0, 0.05) is 39.3 Å². The van der Waals surface area contributed by atoms with Gasteiger partial charge >= 0.3 is 12.2 Å². The molecule has 1 aromatic carbocycles. The average Bonchev–Trinajstić information content (AvgIpc) is 3.30. The number of rotatable bonds is 4. The van der Waals surface area contributed by atoms with Crippen LogP contribution in [-0.4, -0.2) is 76.2 Å². The lowest BCUT2D eigenvalue weighted by Gasteiger charge is -2.37. The molecule has 2 aromatic rings. The fraction of sp³-hybridized carbons (Fsp3) is 0.440. The number of hydrazone groups is 1. The fourth-order valence-electron chi connectivity index (χ4n) is 4.40. The normalized spacial score (nSPS) is 19.7. The number of piperazine rings is 1. The summed E-state index contributed by atoms with van der Waals surface area (Å²) in [5, 5.41) is 8.82. The Morgan fingerprint density at radius 2 is 1.72 bits per heavy atom. The van der Waals surface area contributed by atoms with E-state index in [1.165, 1.54) is 11.1 Å². The highest BCUT2D eigenvalue weighted by molar-refractivity contribution is 6.06. The van der Waals surface area contributed by atoms with E-state index >= 15 is 0 Å². The first-order valence-electron chi connectivity index (χ1n) is 11.8. The molecule has 1 N–H and O–H groups in total. The lowest BCUT2D eigenvalue weighted by molar-refractivity contribution is -0.141. The largest absolute Gasteiger partial charge is 0.433 e. The molecule has 4 rings (SSSR count). The quantitative estimate of drug-likeness (QED) is 0.695. The summed E-state index contributed by atoms with van der Waals surface area (Å²) >= 11 is 0. The summed E-state index contributed by atoms with van der Waals surface area (Å²) in [4.78, 5) is 32.3. The highest BCUT2D eigenvalue weighted by atomic mass is 19.4. The Morgan fingerprint density at radius 1 is 1.06 bits per heavy atom. The molecule has 1 fully saturated rings. The van der Waals surface area contributed by atoms with Crippen molar-refractivity contribution in [3.05, 3.63) is 65.0 Å². The van der Waals surface area contributed by atoms with E-state index in [4.69, 9.17) is 0 Å². The molecule has 3 amide bonds. The molecule has 2 atom stereocenters. The Balaban J connectivity index is 1.49. The monoisotopic (exact) mass is 502 g/mol. The number of hydrogen-bond acceptors (Lipinski definition) is 5. The van der Waals surface area contributed by atoms with E-state index in [2.05, 4.69) is 20.3 Å². The van der Waals surface area contributed by atoms with Crippen LogP contribution in [0.5, 0.6) is 0 Å². The van der Waals surface area contributed by atoms with Crippen LogP contribution in [0.15, 0.2) is 47.7 Å². The minimum Gasteiger partial charge on any atom is -0.340 e. The number of carbonyl (C=O) groups excluding carboxylic acids is 2. The Hall–Kier alpha value is -3.47. The molecule has 0 spiro atoms. The van der Waals surface area contributed by atoms with Crippen LogP contribution < -0.4 is 5.32 Å². The molecular weight excluding hydrogens is 473 g/mol. The molecular formula is C25H29F3N6O2. The standard InChI is InChI=1S/C25H29F3N6O2/c1-16-4-6-19(7-5-16)23-21(33-12-10-32(11-13-33)18(3)35)15-34(31-23)24(36)30-17(2)20-8-9-22(29-14-20)25(26,27)28/h4-9,14,17,21H,10-13,15H2,1-3H3,(H,30,36)/t17-,21-/m1/s1. The molecule has 36 heavy (non-hydrogen) atoms. The smallest absolute Gasteiger partial charge is 0.340 e. The van der Waals surface area contributed by atoms with Crippen LogP contribution in [0.3, 0.4) is 0 Å². The molecule has 0 bridgehead atoms. The van der Waals surface area contributed by atoms with Crippen molar-refractivity contribution >= 4 is 17.6 Å². The Kier molecular flexibility index (Phi) is 7.30. The fourth-order valence-corrected chi connectivity index (χ4v) is 4.40. The van der Waals surface area contributed by atoms with Crippen molar-refractivity contribution in [1.82, 2.24) is 25.1 Å². The first-order chi connectivity index (χ1) is 17.0. The highest BCUT2D eigenvalue weighted by Crippen LogP contribution is 2.28. The van der Waals surface area contributed by atoms with Gasteiger partial charge in [-0.3, -0.25) is 14.7 Å². The van der Waals surface area contributed by atoms with Crippen LogP contribution >= 0.6 is 0 Å². The van der Waals surface area contributed by atoms with Crippen molar-refractivity contribution in [2.45, 2.75) is 39.0 Å². The van der Waals surface area contributed by atoms with Gasteiger partial charge in [0.15, 0.2) is 0 Å². The van der Waals surface area contributed by atoms with Gasteiger partial charge in [-0.05, 0) is 31.0 Å². The highest BCUT2D eigenvalue weighted by Gasteiger charge is 2.37. The molecule has 0 radical (unpaired) electrons. The number of urea groups is 1. The van der Waals surface area contributed by atoms with Crippen LogP contribution in [0.4, 0.5) is 18.0 Å². The maximum Gasteiger partial charge on any atom is 0.433 e. The van der Waals surface area contributed by atoms with Gasteiger partial charge in [-0.1, -0.05) is 35.9 Å². The summed E-state index contributed by atoms with van der Waals surface area (Å²) in [7, 11) is 0. The summed E-state index contributed by atoms with van der Waals surface area (Å²) in [5.74, 6) is 0.0428.